The molecule has 9 rings (SSSR count). The van der Waals surface area contributed by atoms with Gasteiger partial charge in [0, 0.05) is 17.1 Å². The van der Waals surface area contributed by atoms with Gasteiger partial charge in [-0.3, -0.25) is 0 Å². The summed E-state index contributed by atoms with van der Waals surface area (Å²) in [6.45, 7) is 0. The Balaban J connectivity index is 1.12. The highest BCUT2D eigenvalue weighted by Crippen LogP contribution is 2.61. The van der Waals surface area contributed by atoms with Crippen LogP contribution in [0.1, 0.15) is 44.1 Å². The standard InChI is InChI=1S/C40H37N/c1-3-8-32(9-4-1)33-14-16-34(17-15-33)35-18-20-38(21-19-35)41(37-11-5-2-6-12-37)39-13-7-10-36(25-39)40-26-29-22-30(27-40)24-31(23-29)28-40/h1-21,25,29-31H,22-24,26-28H2. The zero-order valence-electron chi connectivity index (χ0n) is 23.6. The first-order chi connectivity index (χ1) is 20.2. The van der Waals surface area contributed by atoms with E-state index in [1.54, 1.807) is 5.56 Å². The molecule has 4 saturated carbocycles. The van der Waals surface area contributed by atoms with Gasteiger partial charge in [-0.25, -0.2) is 0 Å². The third kappa shape index (κ3) is 4.58. The number of benzene rings is 5. The van der Waals surface area contributed by atoms with E-state index >= 15 is 0 Å². The largest absolute Gasteiger partial charge is 0.310 e. The lowest BCUT2D eigenvalue weighted by molar-refractivity contribution is -0.00516. The van der Waals surface area contributed by atoms with Crippen LogP contribution in [0.3, 0.4) is 0 Å². The lowest BCUT2D eigenvalue weighted by atomic mass is 9.48. The van der Waals surface area contributed by atoms with E-state index in [1.165, 1.54) is 77.8 Å². The summed E-state index contributed by atoms with van der Waals surface area (Å²) >= 11 is 0. The first-order valence-corrected chi connectivity index (χ1v) is 15.4. The van der Waals surface area contributed by atoms with Crippen molar-refractivity contribution in [1.29, 1.82) is 0 Å². The molecular formula is C40H37N. The van der Waals surface area contributed by atoms with Crippen LogP contribution in [-0.4, -0.2) is 0 Å². The van der Waals surface area contributed by atoms with E-state index in [4.69, 9.17) is 0 Å². The number of para-hydroxylation sites is 1. The Morgan fingerprint density at radius 3 is 1.41 bits per heavy atom. The maximum atomic E-state index is 2.52. The van der Waals surface area contributed by atoms with Crippen molar-refractivity contribution < 1.29 is 0 Å². The van der Waals surface area contributed by atoms with Crippen LogP contribution in [0.2, 0.25) is 0 Å². The quantitative estimate of drug-likeness (QED) is 0.211. The summed E-state index contributed by atoms with van der Waals surface area (Å²) in [6, 6.07) is 49.0. The van der Waals surface area contributed by atoms with Gasteiger partial charge in [0.05, 0.1) is 0 Å². The Hall–Kier alpha value is -4.10. The van der Waals surface area contributed by atoms with Crippen LogP contribution in [0.25, 0.3) is 22.3 Å². The molecule has 0 aromatic heterocycles. The van der Waals surface area contributed by atoms with E-state index in [0.717, 1.165) is 17.8 Å². The molecule has 202 valence electrons. The highest BCUT2D eigenvalue weighted by molar-refractivity contribution is 5.79. The predicted molar refractivity (Wildman–Crippen MR) is 172 cm³/mol. The first kappa shape index (κ1) is 24.7. The molecule has 0 atom stereocenters. The Morgan fingerprint density at radius 2 is 0.854 bits per heavy atom. The van der Waals surface area contributed by atoms with Crippen molar-refractivity contribution in [1.82, 2.24) is 0 Å². The molecule has 4 aliphatic carbocycles. The summed E-state index contributed by atoms with van der Waals surface area (Å²) in [5.74, 6) is 2.85. The summed E-state index contributed by atoms with van der Waals surface area (Å²) in [5, 5.41) is 0. The molecule has 0 N–H and O–H groups in total. The van der Waals surface area contributed by atoms with Crippen LogP contribution in [0.15, 0.2) is 133 Å². The minimum absolute atomic E-state index is 0.392. The smallest absolute Gasteiger partial charge is 0.0464 e. The number of hydrogen-bond acceptors (Lipinski definition) is 1. The molecule has 4 aliphatic rings. The van der Waals surface area contributed by atoms with Crippen molar-refractivity contribution in [2.75, 3.05) is 4.90 Å². The molecule has 41 heavy (non-hydrogen) atoms. The molecule has 4 fully saturated rings. The number of anilines is 3. The van der Waals surface area contributed by atoms with Gasteiger partial charge in [0.2, 0.25) is 0 Å². The molecule has 5 aromatic carbocycles. The average molecular weight is 532 g/mol. The lowest BCUT2D eigenvalue weighted by Gasteiger charge is -2.57. The fraction of sp³-hybridized carbons (Fsp3) is 0.250. The maximum absolute atomic E-state index is 2.52. The fourth-order valence-electron chi connectivity index (χ4n) is 8.75. The van der Waals surface area contributed by atoms with Crippen LogP contribution in [0.5, 0.6) is 0 Å². The molecule has 0 spiro atoms. The summed E-state index contributed by atoms with van der Waals surface area (Å²) in [7, 11) is 0. The molecule has 5 aromatic rings. The molecule has 0 heterocycles. The Morgan fingerprint density at radius 1 is 0.415 bits per heavy atom. The molecule has 1 nitrogen and oxygen atoms in total. The van der Waals surface area contributed by atoms with E-state index in [0.29, 0.717) is 5.41 Å². The van der Waals surface area contributed by atoms with Gasteiger partial charge in [-0.2, -0.15) is 0 Å². The predicted octanol–water partition coefficient (Wildman–Crippen LogP) is 11.0. The van der Waals surface area contributed by atoms with E-state index < -0.39 is 0 Å². The highest BCUT2D eigenvalue weighted by atomic mass is 15.1. The Labute approximate surface area is 244 Å². The summed E-state index contributed by atoms with van der Waals surface area (Å²) in [4.78, 5) is 2.44. The molecule has 0 radical (unpaired) electrons. The van der Waals surface area contributed by atoms with Gasteiger partial charge in [-0.05, 0) is 126 Å². The summed E-state index contributed by atoms with van der Waals surface area (Å²) in [6.07, 6.45) is 8.63. The molecule has 0 saturated heterocycles. The second kappa shape index (κ2) is 10.1. The maximum Gasteiger partial charge on any atom is 0.0464 e. The van der Waals surface area contributed by atoms with E-state index in [9.17, 15) is 0 Å². The first-order valence-electron chi connectivity index (χ1n) is 15.4. The minimum atomic E-state index is 0.392. The number of rotatable bonds is 6. The fourth-order valence-corrected chi connectivity index (χ4v) is 8.75. The molecule has 0 unspecified atom stereocenters. The Kier molecular flexibility index (Phi) is 6.06. The zero-order valence-corrected chi connectivity index (χ0v) is 23.6. The normalized spacial score (nSPS) is 24.3. The van der Waals surface area contributed by atoms with Crippen LogP contribution in [0, 0.1) is 17.8 Å². The Bertz CT molecular complexity index is 1600. The monoisotopic (exact) mass is 531 g/mol. The third-order valence-electron chi connectivity index (χ3n) is 10.2. The second-order valence-electron chi connectivity index (χ2n) is 12.9. The van der Waals surface area contributed by atoms with Crippen molar-refractivity contribution in [3.05, 3.63) is 139 Å². The van der Waals surface area contributed by atoms with Gasteiger partial charge in [0.1, 0.15) is 0 Å². The van der Waals surface area contributed by atoms with Gasteiger partial charge in [0.15, 0.2) is 0 Å². The van der Waals surface area contributed by atoms with Crippen LogP contribution < -0.4 is 4.90 Å². The lowest BCUT2D eigenvalue weighted by Crippen LogP contribution is -2.48. The van der Waals surface area contributed by atoms with Crippen molar-refractivity contribution in [2.24, 2.45) is 17.8 Å². The molecule has 4 bridgehead atoms. The average Bonchev–Trinajstić information content (AvgIpc) is 3.02. The van der Waals surface area contributed by atoms with Crippen LogP contribution in [0.4, 0.5) is 17.1 Å². The van der Waals surface area contributed by atoms with Crippen LogP contribution >= 0.6 is 0 Å². The van der Waals surface area contributed by atoms with Crippen LogP contribution in [-0.2, 0) is 5.41 Å². The second-order valence-corrected chi connectivity index (χ2v) is 12.9. The summed E-state index contributed by atoms with van der Waals surface area (Å²) in [5.41, 5.74) is 10.6. The highest BCUT2D eigenvalue weighted by Gasteiger charge is 2.51. The van der Waals surface area contributed by atoms with Crippen molar-refractivity contribution >= 4 is 17.1 Å². The number of hydrogen-bond donors (Lipinski definition) is 0. The number of nitrogens with zero attached hydrogens (tertiary/aromatic N) is 1. The molecule has 0 amide bonds. The van der Waals surface area contributed by atoms with E-state index in [-0.39, 0.29) is 0 Å². The van der Waals surface area contributed by atoms with Crippen molar-refractivity contribution in [3.8, 4) is 22.3 Å². The van der Waals surface area contributed by atoms with E-state index in [2.05, 4.69) is 138 Å². The van der Waals surface area contributed by atoms with Crippen molar-refractivity contribution in [2.45, 2.75) is 43.9 Å². The van der Waals surface area contributed by atoms with Gasteiger partial charge in [-0.15, -0.1) is 0 Å². The molecular weight excluding hydrogens is 494 g/mol. The molecule has 1 heteroatoms. The topological polar surface area (TPSA) is 3.24 Å². The summed E-state index contributed by atoms with van der Waals surface area (Å²) < 4.78 is 0. The van der Waals surface area contributed by atoms with E-state index in [1.807, 2.05) is 0 Å². The van der Waals surface area contributed by atoms with Gasteiger partial charge in [0.25, 0.3) is 0 Å². The minimum Gasteiger partial charge on any atom is -0.310 e. The SMILES string of the molecule is c1ccc(-c2ccc(-c3ccc(N(c4ccccc4)c4cccc(C56CC7CC(CC(C7)C5)C6)c4)cc3)cc2)cc1. The van der Waals surface area contributed by atoms with Gasteiger partial charge in [-0.1, -0.05) is 97.1 Å². The van der Waals surface area contributed by atoms with Gasteiger partial charge >= 0.3 is 0 Å². The van der Waals surface area contributed by atoms with Gasteiger partial charge < -0.3 is 4.90 Å². The third-order valence-corrected chi connectivity index (χ3v) is 10.2. The van der Waals surface area contributed by atoms with Crippen molar-refractivity contribution in [3.63, 3.8) is 0 Å². The molecule has 0 aliphatic heterocycles. The zero-order chi connectivity index (χ0) is 27.2.